The Kier molecular flexibility index (Phi) is 7.02. The Morgan fingerprint density at radius 1 is 1.45 bits per heavy atom. The lowest BCUT2D eigenvalue weighted by Crippen LogP contribution is -2.34. The van der Waals surface area contributed by atoms with Gasteiger partial charge < -0.3 is 16.0 Å². The molecule has 5 heteroatoms. The van der Waals surface area contributed by atoms with Crippen LogP contribution in [0.5, 0.6) is 0 Å². The highest BCUT2D eigenvalue weighted by Crippen LogP contribution is 2.24. The van der Waals surface area contributed by atoms with Crippen LogP contribution in [0.3, 0.4) is 0 Å². The molecule has 1 amide bonds. The molecule has 0 spiro atoms. The number of nitrogens with two attached hydrogens (primary N) is 1. The van der Waals surface area contributed by atoms with E-state index < -0.39 is 0 Å². The van der Waals surface area contributed by atoms with Gasteiger partial charge in [0.2, 0.25) is 5.91 Å². The lowest BCUT2D eigenvalue weighted by Gasteiger charge is -2.25. The van der Waals surface area contributed by atoms with Gasteiger partial charge in [0.1, 0.15) is 0 Å². The zero-order valence-electron chi connectivity index (χ0n) is 12.4. The van der Waals surface area contributed by atoms with Crippen LogP contribution in [-0.4, -0.2) is 25.5 Å². The topological polar surface area (TPSA) is 58.4 Å². The molecule has 1 aromatic carbocycles. The maximum Gasteiger partial charge on any atom is 0.236 e. The highest BCUT2D eigenvalue weighted by molar-refractivity contribution is 9.10. The Bertz CT molecular complexity index is 449. The normalized spacial score (nSPS) is 10.8. The second-order valence-corrected chi connectivity index (χ2v) is 6.19. The van der Waals surface area contributed by atoms with E-state index in [1.807, 2.05) is 24.0 Å². The van der Waals surface area contributed by atoms with Crippen LogP contribution in [0, 0.1) is 5.92 Å². The number of halogens is 1. The van der Waals surface area contributed by atoms with Gasteiger partial charge in [0, 0.05) is 23.2 Å². The summed E-state index contributed by atoms with van der Waals surface area (Å²) < 4.78 is 1.04. The molecule has 0 fully saturated rings. The van der Waals surface area contributed by atoms with Crippen molar-refractivity contribution in [3.8, 4) is 0 Å². The molecular weight excluding hydrogens is 318 g/mol. The molecule has 0 aliphatic carbocycles. The summed E-state index contributed by atoms with van der Waals surface area (Å²) in [7, 11) is 0. The predicted octanol–water partition coefficient (Wildman–Crippen LogP) is 2.51. The van der Waals surface area contributed by atoms with Crippen molar-refractivity contribution in [2.24, 2.45) is 11.7 Å². The van der Waals surface area contributed by atoms with Gasteiger partial charge in [0.15, 0.2) is 0 Å². The third-order valence-corrected chi connectivity index (χ3v) is 3.47. The minimum absolute atomic E-state index is 0.245. The summed E-state index contributed by atoms with van der Waals surface area (Å²) in [5, 5.41) is 3.44. The van der Waals surface area contributed by atoms with Crippen molar-refractivity contribution in [2.45, 2.75) is 27.3 Å². The van der Waals surface area contributed by atoms with Crippen LogP contribution >= 0.6 is 15.9 Å². The average molecular weight is 342 g/mol. The number of nitrogens with one attached hydrogen (secondary N) is 1. The Morgan fingerprint density at radius 3 is 2.70 bits per heavy atom. The molecule has 112 valence electrons. The Hall–Kier alpha value is -1.07. The summed E-state index contributed by atoms with van der Waals surface area (Å²) in [6.07, 6.45) is 0. The van der Waals surface area contributed by atoms with Crippen LogP contribution < -0.4 is 16.0 Å². The maximum atomic E-state index is 11.2. The minimum Gasteiger partial charge on any atom is -0.368 e. The van der Waals surface area contributed by atoms with Gasteiger partial charge in [-0.25, -0.2) is 0 Å². The third-order valence-electron chi connectivity index (χ3n) is 2.98. The van der Waals surface area contributed by atoms with Gasteiger partial charge in [-0.15, -0.1) is 0 Å². The number of carbonyl (C=O) groups excluding carboxylic acids is 1. The summed E-state index contributed by atoms with van der Waals surface area (Å²) in [6.45, 7) is 9.13. The van der Waals surface area contributed by atoms with Gasteiger partial charge in [0.05, 0.1) is 6.54 Å². The van der Waals surface area contributed by atoms with E-state index in [0.29, 0.717) is 5.92 Å². The molecule has 0 aromatic heterocycles. The summed E-state index contributed by atoms with van der Waals surface area (Å²) in [5.41, 5.74) is 7.55. The van der Waals surface area contributed by atoms with Gasteiger partial charge in [-0.3, -0.25) is 4.79 Å². The van der Waals surface area contributed by atoms with Gasteiger partial charge >= 0.3 is 0 Å². The largest absolute Gasteiger partial charge is 0.368 e. The van der Waals surface area contributed by atoms with Crippen molar-refractivity contribution in [1.29, 1.82) is 0 Å². The van der Waals surface area contributed by atoms with Gasteiger partial charge in [0.25, 0.3) is 0 Å². The monoisotopic (exact) mass is 341 g/mol. The fourth-order valence-corrected chi connectivity index (χ4v) is 2.46. The first kappa shape index (κ1) is 17.0. The number of amides is 1. The second-order valence-electron chi connectivity index (χ2n) is 5.28. The molecule has 0 radical (unpaired) electrons. The van der Waals surface area contributed by atoms with E-state index in [-0.39, 0.29) is 12.5 Å². The average Bonchev–Trinajstić information content (AvgIpc) is 2.36. The molecule has 0 unspecified atom stereocenters. The van der Waals surface area contributed by atoms with E-state index in [1.54, 1.807) is 0 Å². The van der Waals surface area contributed by atoms with E-state index in [9.17, 15) is 4.79 Å². The van der Waals surface area contributed by atoms with E-state index in [0.717, 1.165) is 29.8 Å². The van der Waals surface area contributed by atoms with Crippen molar-refractivity contribution >= 4 is 27.5 Å². The molecule has 0 atom stereocenters. The predicted molar refractivity (Wildman–Crippen MR) is 87.8 cm³/mol. The summed E-state index contributed by atoms with van der Waals surface area (Å²) in [6, 6.07) is 6.11. The number of likely N-dealkylation sites (N-methyl/N-ethyl adjacent to an activating group) is 1. The molecular formula is C15H24BrN3O. The first-order valence-electron chi connectivity index (χ1n) is 6.96. The highest BCUT2D eigenvalue weighted by atomic mass is 79.9. The molecule has 1 rings (SSSR count). The van der Waals surface area contributed by atoms with Crippen LogP contribution in [0.25, 0.3) is 0 Å². The van der Waals surface area contributed by atoms with E-state index >= 15 is 0 Å². The van der Waals surface area contributed by atoms with Crippen molar-refractivity contribution in [1.82, 2.24) is 5.32 Å². The fraction of sp³-hybridized carbons (Fsp3) is 0.533. The maximum absolute atomic E-state index is 11.2. The number of benzene rings is 1. The summed E-state index contributed by atoms with van der Waals surface area (Å²) >= 11 is 3.50. The third kappa shape index (κ3) is 5.51. The van der Waals surface area contributed by atoms with Gasteiger partial charge in [-0.05, 0) is 43.1 Å². The lowest BCUT2D eigenvalue weighted by molar-refractivity contribution is -0.116. The van der Waals surface area contributed by atoms with Crippen LogP contribution in [0.1, 0.15) is 26.3 Å². The van der Waals surface area contributed by atoms with Crippen LogP contribution in [0.2, 0.25) is 0 Å². The van der Waals surface area contributed by atoms with Gasteiger partial charge in [-0.2, -0.15) is 0 Å². The summed E-state index contributed by atoms with van der Waals surface area (Å²) in [5.74, 6) is 0.300. The number of hydrogen-bond donors (Lipinski definition) is 2. The number of anilines is 1. The van der Waals surface area contributed by atoms with Gasteiger partial charge in [-0.1, -0.05) is 29.8 Å². The van der Waals surface area contributed by atoms with E-state index in [2.05, 4.69) is 41.2 Å². The molecule has 1 aromatic rings. The van der Waals surface area contributed by atoms with Crippen molar-refractivity contribution < 1.29 is 4.79 Å². The molecule has 0 aliphatic heterocycles. The number of hydrogen-bond acceptors (Lipinski definition) is 3. The molecule has 4 nitrogen and oxygen atoms in total. The first-order valence-corrected chi connectivity index (χ1v) is 7.75. The standard InChI is InChI=1S/C15H24BrN3O/c1-4-19(10-15(17)20)14-6-5-13(16)7-12(14)9-18-8-11(2)3/h5-7,11,18H,4,8-10H2,1-3H3,(H2,17,20). The van der Waals surface area contributed by atoms with Crippen LogP contribution in [0.15, 0.2) is 22.7 Å². The lowest BCUT2D eigenvalue weighted by atomic mass is 10.1. The zero-order chi connectivity index (χ0) is 15.1. The minimum atomic E-state index is -0.309. The SMILES string of the molecule is CCN(CC(N)=O)c1ccc(Br)cc1CNCC(C)C. The Morgan fingerprint density at radius 2 is 2.15 bits per heavy atom. The zero-order valence-corrected chi connectivity index (χ0v) is 14.0. The Balaban J connectivity index is 2.90. The van der Waals surface area contributed by atoms with Crippen LogP contribution in [0.4, 0.5) is 5.69 Å². The quantitative estimate of drug-likeness (QED) is 0.763. The molecule has 0 saturated carbocycles. The summed E-state index contributed by atoms with van der Waals surface area (Å²) in [4.78, 5) is 13.2. The molecule has 3 N–H and O–H groups in total. The number of primary amides is 1. The molecule has 0 heterocycles. The first-order chi connectivity index (χ1) is 9.43. The smallest absolute Gasteiger partial charge is 0.236 e. The molecule has 20 heavy (non-hydrogen) atoms. The van der Waals surface area contributed by atoms with Crippen LogP contribution in [-0.2, 0) is 11.3 Å². The molecule has 0 aliphatic rings. The second kappa shape index (κ2) is 8.27. The number of nitrogens with zero attached hydrogens (tertiary/aromatic N) is 1. The van der Waals surface area contributed by atoms with Crippen molar-refractivity contribution in [3.63, 3.8) is 0 Å². The van der Waals surface area contributed by atoms with E-state index in [4.69, 9.17) is 5.73 Å². The van der Waals surface area contributed by atoms with Crippen molar-refractivity contribution in [2.75, 3.05) is 24.5 Å². The molecule has 0 saturated heterocycles. The van der Waals surface area contributed by atoms with E-state index in [1.165, 1.54) is 5.56 Å². The molecule has 0 bridgehead atoms. The Labute approximate surface area is 129 Å². The van der Waals surface area contributed by atoms with Crippen molar-refractivity contribution in [3.05, 3.63) is 28.2 Å². The number of rotatable bonds is 8. The fourth-order valence-electron chi connectivity index (χ4n) is 2.06. The highest BCUT2D eigenvalue weighted by Gasteiger charge is 2.12. The number of carbonyl (C=O) groups is 1.